The standard InChI is InChI=1S/C14H23NO4/c1-10-12(6-8-19-10)14(18)15-7-2-3-11(9-15)4-5-13(16)17/h10-12H,2-9H2,1H3,(H,16,17). The van der Waals surface area contributed by atoms with Crippen molar-refractivity contribution in [3.05, 3.63) is 0 Å². The molecular weight excluding hydrogens is 246 g/mol. The lowest BCUT2D eigenvalue weighted by Crippen LogP contribution is -2.44. The lowest BCUT2D eigenvalue weighted by molar-refractivity contribution is -0.139. The van der Waals surface area contributed by atoms with Gasteiger partial charge in [0.15, 0.2) is 0 Å². The van der Waals surface area contributed by atoms with Crippen molar-refractivity contribution in [1.82, 2.24) is 4.90 Å². The first kappa shape index (κ1) is 14.3. The van der Waals surface area contributed by atoms with E-state index in [2.05, 4.69) is 0 Å². The Labute approximate surface area is 113 Å². The van der Waals surface area contributed by atoms with Crippen LogP contribution < -0.4 is 0 Å². The van der Waals surface area contributed by atoms with Crippen LogP contribution in [0.3, 0.4) is 0 Å². The molecule has 0 aromatic carbocycles. The summed E-state index contributed by atoms with van der Waals surface area (Å²) in [5.74, 6) is -0.212. The number of aliphatic carboxylic acids is 1. The van der Waals surface area contributed by atoms with Crippen molar-refractivity contribution in [2.24, 2.45) is 11.8 Å². The maximum absolute atomic E-state index is 12.4. The van der Waals surface area contributed by atoms with Crippen LogP contribution in [0.15, 0.2) is 0 Å². The molecule has 0 aromatic heterocycles. The predicted molar refractivity (Wildman–Crippen MR) is 69.7 cm³/mol. The molecule has 2 saturated heterocycles. The van der Waals surface area contributed by atoms with Gasteiger partial charge in [-0.25, -0.2) is 0 Å². The van der Waals surface area contributed by atoms with Crippen molar-refractivity contribution in [2.75, 3.05) is 19.7 Å². The second kappa shape index (κ2) is 6.37. The number of piperidine rings is 1. The summed E-state index contributed by atoms with van der Waals surface area (Å²) in [5, 5.41) is 8.73. The van der Waals surface area contributed by atoms with E-state index in [1.54, 1.807) is 0 Å². The fourth-order valence-corrected chi connectivity index (χ4v) is 3.12. The molecular formula is C14H23NO4. The van der Waals surface area contributed by atoms with Gasteiger partial charge in [0.1, 0.15) is 0 Å². The molecule has 2 heterocycles. The highest BCUT2D eigenvalue weighted by Gasteiger charge is 2.35. The summed E-state index contributed by atoms with van der Waals surface area (Å²) in [6, 6.07) is 0. The number of hydrogen-bond acceptors (Lipinski definition) is 3. The van der Waals surface area contributed by atoms with Crippen molar-refractivity contribution in [2.45, 2.75) is 45.1 Å². The molecule has 0 aliphatic carbocycles. The Hall–Kier alpha value is -1.10. The Kier molecular flexibility index (Phi) is 4.80. The molecule has 1 amide bonds. The zero-order valence-corrected chi connectivity index (χ0v) is 11.5. The van der Waals surface area contributed by atoms with E-state index >= 15 is 0 Å². The molecule has 3 unspecified atom stereocenters. The molecule has 0 aromatic rings. The van der Waals surface area contributed by atoms with Crippen LogP contribution in [0, 0.1) is 11.8 Å². The highest BCUT2D eigenvalue weighted by Crippen LogP contribution is 2.27. The Balaban J connectivity index is 1.86. The third-order valence-electron chi connectivity index (χ3n) is 4.29. The molecule has 19 heavy (non-hydrogen) atoms. The highest BCUT2D eigenvalue weighted by atomic mass is 16.5. The Morgan fingerprint density at radius 2 is 2.16 bits per heavy atom. The van der Waals surface area contributed by atoms with E-state index in [1.807, 2.05) is 11.8 Å². The number of carboxylic acid groups (broad SMARTS) is 1. The molecule has 2 aliphatic heterocycles. The summed E-state index contributed by atoms with van der Waals surface area (Å²) in [4.78, 5) is 25.0. The summed E-state index contributed by atoms with van der Waals surface area (Å²) in [6.07, 6.45) is 3.74. The van der Waals surface area contributed by atoms with Crippen LogP contribution in [0.4, 0.5) is 0 Å². The zero-order chi connectivity index (χ0) is 13.8. The van der Waals surface area contributed by atoms with Gasteiger partial charge in [-0.3, -0.25) is 9.59 Å². The maximum Gasteiger partial charge on any atom is 0.303 e. The van der Waals surface area contributed by atoms with Gasteiger partial charge >= 0.3 is 5.97 Å². The monoisotopic (exact) mass is 269 g/mol. The summed E-state index contributed by atoms with van der Waals surface area (Å²) < 4.78 is 5.46. The number of likely N-dealkylation sites (tertiary alicyclic amines) is 1. The number of rotatable bonds is 4. The Bertz CT molecular complexity index is 344. The first-order valence-electron chi connectivity index (χ1n) is 7.20. The zero-order valence-electron chi connectivity index (χ0n) is 11.5. The van der Waals surface area contributed by atoms with Gasteiger partial charge in [0.2, 0.25) is 5.91 Å². The van der Waals surface area contributed by atoms with E-state index in [9.17, 15) is 9.59 Å². The summed E-state index contributed by atoms with van der Waals surface area (Å²) in [5.41, 5.74) is 0. The molecule has 0 spiro atoms. The van der Waals surface area contributed by atoms with E-state index in [-0.39, 0.29) is 24.3 Å². The van der Waals surface area contributed by atoms with Gasteiger partial charge in [-0.2, -0.15) is 0 Å². The average Bonchev–Trinajstić information content (AvgIpc) is 2.82. The largest absolute Gasteiger partial charge is 0.481 e. The fraction of sp³-hybridized carbons (Fsp3) is 0.857. The van der Waals surface area contributed by atoms with Crippen LogP contribution in [0.2, 0.25) is 0 Å². The summed E-state index contributed by atoms with van der Waals surface area (Å²) in [6.45, 7) is 4.16. The lowest BCUT2D eigenvalue weighted by Gasteiger charge is -2.34. The summed E-state index contributed by atoms with van der Waals surface area (Å²) in [7, 11) is 0. The number of amides is 1. The van der Waals surface area contributed by atoms with Crippen LogP contribution in [-0.2, 0) is 14.3 Å². The van der Waals surface area contributed by atoms with Gasteiger partial charge in [-0.15, -0.1) is 0 Å². The molecule has 2 rings (SSSR count). The number of hydrogen-bond donors (Lipinski definition) is 1. The van der Waals surface area contributed by atoms with E-state index in [4.69, 9.17) is 9.84 Å². The molecule has 5 nitrogen and oxygen atoms in total. The van der Waals surface area contributed by atoms with Crippen LogP contribution >= 0.6 is 0 Å². The fourth-order valence-electron chi connectivity index (χ4n) is 3.12. The number of nitrogens with zero attached hydrogens (tertiary/aromatic N) is 1. The van der Waals surface area contributed by atoms with Gasteiger partial charge < -0.3 is 14.7 Å². The van der Waals surface area contributed by atoms with Gasteiger partial charge in [-0.05, 0) is 38.5 Å². The van der Waals surface area contributed by atoms with E-state index in [0.29, 0.717) is 18.9 Å². The van der Waals surface area contributed by atoms with Gasteiger partial charge in [-0.1, -0.05) is 0 Å². The van der Waals surface area contributed by atoms with E-state index in [1.165, 1.54) is 0 Å². The van der Waals surface area contributed by atoms with Crippen LogP contribution in [0.1, 0.15) is 39.0 Å². The van der Waals surface area contributed by atoms with E-state index in [0.717, 1.165) is 32.4 Å². The van der Waals surface area contributed by atoms with Crippen molar-refractivity contribution in [3.8, 4) is 0 Å². The molecule has 2 aliphatic rings. The van der Waals surface area contributed by atoms with Gasteiger partial charge in [0, 0.05) is 26.1 Å². The number of carbonyl (C=O) groups excluding carboxylic acids is 1. The summed E-state index contributed by atoms with van der Waals surface area (Å²) >= 11 is 0. The van der Waals surface area contributed by atoms with Gasteiger partial charge in [0.25, 0.3) is 0 Å². The van der Waals surface area contributed by atoms with Crippen LogP contribution in [-0.4, -0.2) is 47.7 Å². The average molecular weight is 269 g/mol. The molecule has 0 bridgehead atoms. The molecule has 1 N–H and O–H groups in total. The van der Waals surface area contributed by atoms with Crippen molar-refractivity contribution >= 4 is 11.9 Å². The number of carboxylic acids is 1. The molecule has 0 radical (unpaired) electrons. The van der Waals surface area contributed by atoms with E-state index < -0.39 is 5.97 Å². The SMILES string of the molecule is CC1OCCC1C(=O)N1CCCC(CCC(=O)O)C1. The number of ether oxygens (including phenoxy) is 1. The predicted octanol–water partition coefficient (Wildman–Crippen LogP) is 1.51. The van der Waals surface area contributed by atoms with Crippen LogP contribution in [0.25, 0.3) is 0 Å². The van der Waals surface area contributed by atoms with Gasteiger partial charge in [0.05, 0.1) is 12.0 Å². The normalized spacial score (nSPS) is 31.4. The molecule has 0 saturated carbocycles. The minimum Gasteiger partial charge on any atom is -0.481 e. The quantitative estimate of drug-likeness (QED) is 0.840. The lowest BCUT2D eigenvalue weighted by atomic mass is 9.91. The second-order valence-corrected chi connectivity index (χ2v) is 5.70. The first-order chi connectivity index (χ1) is 9.08. The smallest absolute Gasteiger partial charge is 0.303 e. The maximum atomic E-state index is 12.4. The molecule has 3 atom stereocenters. The topological polar surface area (TPSA) is 66.8 Å². The van der Waals surface area contributed by atoms with Crippen molar-refractivity contribution < 1.29 is 19.4 Å². The first-order valence-corrected chi connectivity index (χ1v) is 7.20. The van der Waals surface area contributed by atoms with Crippen molar-refractivity contribution in [3.63, 3.8) is 0 Å². The second-order valence-electron chi connectivity index (χ2n) is 5.70. The minimum atomic E-state index is -0.749. The van der Waals surface area contributed by atoms with Crippen molar-refractivity contribution in [1.29, 1.82) is 0 Å². The Morgan fingerprint density at radius 3 is 2.79 bits per heavy atom. The highest BCUT2D eigenvalue weighted by molar-refractivity contribution is 5.79. The van der Waals surface area contributed by atoms with Crippen LogP contribution in [0.5, 0.6) is 0 Å². The molecule has 5 heteroatoms. The molecule has 2 fully saturated rings. The third-order valence-corrected chi connectivity index (χ3v) is 4.29. The Morgan fingerprint density at radius 1 is 1.37 bits per heavy atom. The molecule has 108 valence electrons. The third kappa shape index (κ3) is 3.69. The number of carbonyl (C=O) groups is 2. The minimum absolute atomic E-state index is 0.00164.